The van der Waals surface area contributed by atoms with Gasteiger partial charge < -0.3 is 11.5 Å². The lowest BCUT2D eigenvalue weighted by Crippen LogP contribution is -2.10. The van der Waals surface area contributed by atoms with Crippen LogP contribution in [0.3, 0.4) is 0 Å². The number of nitrogen functional groups attached to an aromatic ring is 1. The van der Waals surface area contributed by atoms with E-state index < -0.39 is 5.91 Å². The lowest BCUT2D eigenvalue weighted by atomic mass is 10.00. The third-order valence-corrected chi connectivity index (χ3v) is 5.10. The summed E-state index contributed by atoms with van der Waals surface area (Å²) < 4.78 is 0. The van der Waals surface area contributed by atoms with Crippen molar-refractivity contribution in [3.63, 3.8) is 0 Å². The van der Waals surface area contributed by atoms with Gasteiger partial charge in [0.15, 0.2) is 0 Å². The summed E-state index contributed by atoms with van der Waals surface area (Å²) in [6, 6.07) is 15.7. The summed E-state index contributed by atoms with van der Waals surface area (Å²) in [4.78, 5) is 21.5. The quantitative estimate of drug-likeness (QED) is 0.591. The van der Waals surface area contributed by atoms with Crippen LogP contribution in [0.4, 0.5) is 5.69 Å². The maximum Gasteiger partial charge on any atom is 0.260 e. The maximum atomic E-state index is 11.7. The number of rotatable bonds is 3. The molecular weight excluding hydrogens is 332 g/mol. The highest BCUT2D eigenvalue weighted by atomic mass is 32.1. The molecule has 0 aliphatic carbocycles. The van der Waals surface area contributed by atoms with E-state index in [1.807, 2.05) is 48.5 Å². The number of carbonyl (C=O) groups is 1. The first-order chi connectivity index (χ1) is 12.1. The molecule has 0 saturated carbocycles. The van der Waals surface area contributed by atoms with Crippen molar-refractivity contribution in [3.8, 4) is 22.4 Å². The van der Waals surface area contributed by atoms with E-state index in [0.29, 0.717) is 15.4 Å². The Kier molecular flexibility index (Phi) is 3.66. The first kappa shape index (κ1) is 15.3. The Bertz CT molecular complexity index is 1070. The molecule has 4 N–H and O–H groups in total. The van der Waals surface area contributed by atoms with Crippen LogP contribution in [0, 0.1) is 0 Å². The molecule has 6 heteroatoms. The van der Waals surface area contributed by atoms with Crippen molar-refractivity contribution in [2.24, 2.45) is 5.73 Å². The summed E-state index contributed by atoms with van der Waals surface area (Å²) in [5.74, 6) is -0.537. The van der Waals surface area contributed by atoms with E-state index in [-0.39, 0.29) is 0 Å². The fraction of sp³-hybridized carbons (Fsp3) is 0. The molecule has 0 fully saturated rings. The second-order valence-corrected chi connectivity index (χ2v) is 6.55. The average molecular weight is 346 g/mol. The van der Waals surface area contributed by atoms with Crippen LogP contribution in [0.1, 0.15) is 9.67 Å². The Labute approximate surface area is 148 Å². The van der Waals surface area contributed by atoms with Crippen molar-refractivity contribution in [2.45, 2.75) is 0 Å². The van der Waals surface area contributed by atoms with E-state index in [1.54, 1.807) is 12.4 Å². The molecule has 0 unspecified atom stereocenters. The number of hydrogen-bond donors (Lipinski definition) is 2. The largest absolute Gasteiger partial charge is 0.397 e. The van der Waals surface area contributed by atoms with Gasteiger partial charge in [0.05, 0.1) is 11.4 Å². The first-order valence-corrected chi connectivity index (χ1v) is 8.45. The summed E-state index contributed by atoms with van der Waals surface area (Å²) in [7, 11) is 0. The number of primary amides is 1. The molecule has 3 aromatic heterocycles. The Hall–Kier alpha value is -3.25. The summed E-state index contributed by atoms with van der Waals surface area (Å²) in [5, 5.41) is 0.766. The van der Waals surface area contributed by atoms with Crippen LogP contribution in [0.2, 0.25) is 0 Å². The summed E-state index contributed by atoms with van der Waals surface area (Å²) in [6.45, 7) is 0. The monoisotopic (exact) mass is 346 g/mol. The van der Waals surface area contributed by atoms with Crippen molar-refractivity contribution in [1.82, 2.24) is 9.97 Å². The molecule has 0 aliphatic heterocycles. The van der Waals surface area contributed by atoms with Crippen LogP contribution in [-0.4, -0.2) is 15.9 Å². The van der Waals surface area contributed by atoms with Crippen LogP contribution < -0.4 is 11.5 Å². The van der Waals surface area contributed by atoms with Gasteiger partial charge in [0.1, 0.15) is 9.71 Å². The van der Waals surface area contributed by atoms with Gasteiger partial charge in [0.25, 0.3) is 5.91 Å². The van der Waals surface area contributed by atoms with Gasteiger partial charge in [0.2, 0.25) is 0 Å². The number of amides is 1. The van der Waals surface area contributed by atoms with Crippen LogP contribution in [0.25, 0.3) is 32.6 Å². The molecule has 4 rings (SSSR count). The Morgan fingerprint density at radius 1 is 1.00 bits per heavy atom. The predicted molar refractivity (Wildman–Crippen MR) is 101 cm³/mol. The van der Waals surface area contributed by atoms with Crippen molar-refractivity contribution < 1.29 is 4.79 Å². The van der Waals surface area contributed by atoms with Gasteiger partial charge in [-0.3, -0.25) is 9.78 Å². The molecule has 25 heavy (non-hydrogen) atoms. The molecule has 3 heterocycles. The normalized spacial score (nSPS) is 10.9. The lowest BCUT2D eigenvalue weighted by molar-refractivity contribution is 0.100. The molecule has 0 saturated heterocycles. The molecule has 1 aromatic carbocycles. The molecule has 5 nitrogen and oxygen atoms in total. The molecule has 0 spiro atoms. The summed E-state index contributed by atoms with van der Waals surface area (Å²) >= 11 is 1.22. The van der Waals surface area contributed by atoms with Crippen LogP contribution in [0.5, 0.6) is 0 Å². The van der Waals surface area contributed by atoms with Gasteiger partial charge in [-0.2, -0.15) is 0 Å². The number of nitrogens with two attached hydrogens (primary N) is 2. The molecular formula is C19H14N4OS. The van der Waals surface area contributed by atoms with E-state index in [9.17, 15) is 4.79 Å². The molecule has 0 radical (unpaired) electrons. The summed E-state index contributed by atoms with van der Waals surface area (Å²) in [5.41, 5.74) is 15.8. The highest BCUT2D eigenvalue weighted by molar-refractivity contribution is 7.21. The minimum absolute atomic E-state index is 0.339. The Balaban J connectivity index is 2.07. The zero-order valence-electron chi connectivity index (χ0n) is 13.1. The number of thiophene rings is 1. The number of anilines is 1. The van der Waals surface area contributed by atoms with Gasteiger partial charge in [0, 0.05) is 23.3 Å². The van der Waals surface area contributed by atoms with Crippen LogP contribution in [-0.2, 0) is 0 Å². The summed E-state index contributed by atoms with van der Waals surface area (Å²) in [6.07, 6.45) is 3.45. The third kappa shape index (κ3) is 2.62. The minimum atomic E-state index is -0.537. The van der Waals surface area contributed by atoms with Crippen LogP contribution in [0.15, 0.2) is 60.9 Å². The highest BCUT2D eigenvalue weighted by Crippen LogP contribution is 2.40. The van der Waals surface area contributed by atoms with E-state index in [1.165, 1.54) is 11.3 Å². The molecule has 4 aromatic rings. The smallest absolute Gasteiger partial charge is 0.260 e. The molecule has 0 aliphatic rings. The van der Waals surface area contributed by atoms with Crippen molar-refractivity contribution in [2.75, 3.05) is 5.73 Å². The van der Waals surface area contributed by atoms with Gasteiger partial charge in [-0.05, 0) is 29.3 Å². The minimum Gasteiger partial charge on any atom is -0.397 e. The van der Waals surface area contributed by atoms with Gasteiger partial charge in [-0.15, -0.1) is 11.3 Å². The van der Waals surface area contributed by atoms with Crippen LogP contribution >= 0.6 is 11.3 Å². The van der Waals surface area contributed by atoms with E-state index in [0.717, 1.165) is 27.8 Å². The average Bonchev–Trinajstić information content (AvgIpc) is 2.99. The standard InChI is InChI=1S/C19H14N4OS/c20-16-15-13(11-4-2-1-3-5-11)10-14(12-6-8-22-9-7-12)23-19(15)25-17(16)18(21)24/h1-10H,20H2,(H2,21,24). The number of hydrogen-bond acceptors (Lipinski definition) is 5. The number of aromatic nitrogens is 2. The molecule has 122 valence electrons. The highest BCUT2D eigenvalue weighted by Gasteiger charge is 2.20. The topological polar surface area (TPSA) is 94.9 Å². The number of benzene rings is 1. The van der Waals surface area contributed by atoms with Gasteiger partial charge in [-0.1, -0.05) is 30.3 Å². The SMILES string of the molecule is NC(=O)c1sc2nc(-c3ccncc3)cc(-c3ccccc3)c2c1N. The maximum absolute atomic E-state index is 11.7. The van der Waals surface area contributed by atoms with Gasteiger partial charge in [-0.25, -0.2) is 4.98 Å². The molecule has 1 amide bonds. The van der Waals surface area contributed by atoms with Crippen molar-refractivity contribution in [1.29, 1.82) is 0 Å². The zero-order valence-corrected chi connectivity index (χ0v) is 14.0. The fourth-order valence-electron chi connectivity index (χ4n) is 2.82. The molecule has 0 atom stereocenters. The second kappa shape index (κ2) is 5.99. The Morgan fingerprint density at radius 2 is 1.72 bits per heavy atom. The van der Waals surface area contributed by atoms with Crippen molar-refractivity contribution in [3.05, 3.63) is 65.8 Å². The number of fused-ring (bicyclic) bond motifs is 1. The second-order valence-electron chi connectivity index (χ2n) is 5.55. The number of carbonyl (C=O) groups excluding carboxylic acids is 1. The predicted octanol–water partition coefficient (Wildman–Crippen LogP) is 3.71. The Morgan fingerprint density at radius 3 is 2.40 bits per heavy atom. The molecule has 0 bridgehead atoms. The van der Waals surface area contributed by atoms with Gasteiger partial charge >= 0.3 is 0 Å². The number of nitrogens with zero attached hydrogens (tertiary/aromatic N) is 2. The fourth-order valence-corrected chi connectivity index (χ4v) is 3.79. The zero-order chi connectivity index (χ0) is 17.4. The number of pyridine rings is 2. The van der Waals surface area contributed by atoms with E-state index in [2.05, 4.69) is 4.98 Å². The lowest BCUT2D eigenvalue weighted by Gasteiger charge is -2.08. The third-order valence-electron chi connectivity index (χ3n) is 3.98. The first-order valence-electron chi connectivity index (χ1n) is 7.64. The van der Waals surface area contributed by atoms with E-state index in [4.69, 9.17) is 16.5 Å². The van der Waals surface area contributed by atoms with E-state index >= 15 is 0 Å². The van der Waals surface area contributed by atoms with Crippen molar-refractivity contribution >= 4 is 33.1 Å².